The first-order valence-electron chi connectivity index (χ1n) is 4.27. The van der Waals surface area contributed by atoms with Crippen LogP contribution in [0.5, 0.6) is 0 Å². The van der Waals surface area contributed by atoms with Crippen molar-refractivity contribution in [2.75, 3.05) is 0 Å². The first kappa shape index (κ1) is 9.27. The van der Waals surface area contributed by atoms with Crippen LogP contribution in [0.15, 0.2) is 30.3 Å². The van der Waals surface area contributed by atoms with Gasteiger partial charge in [0, 0.05) is 5.92 Å². The van der Waals surface area contributed by atoms with Crippen molar-refractivity contribution in [2.24, 2.45) is 0 Å². The zero-order valence-electron chi connectivity index (χ0n) is 7.87. The zero-order valence-corrected chi connectivity index (χ0v) is 7.87. The normalized spacial score (nSPS) is 14.3. The maximum atomic E-state index is 11.6. The molecule has 65 valence electrons. The topological polar surface area (TPSA) is 19.9 Å². The maximum Gasteiger partial charge on any atom is 0.105 e. The summed E-state index contributed by atoms with van der Waals surface area (Å²) >= 11 is 0. The lowest BCUT2D eigenvalue weighted by Crippen LogP contribution is -2.24. The van der Waals surface area contributed by atoms with E-state index in [4.69, 9.17) is 0 Å². The molecule has 1 aromatic carbocycles. The molecule has 0 aromatic heterocycles. The standard InChI is InChI=1S/C11H15O/c1-9(11(2,3)12)10-7-5-4-6-8-10/h4-9H,1-3H3. The quantitative estimate of drug-likeness (QED) is 0.638. The third-order valence-electron chi connectivity index (χ3n) is 2.34. The van der Waals surface area contributed by atoms with E-state index in [0.29, 0.717) is 0 Å². The number of hydrogen-bond acceptors (Lipinski definition) is 0. The molecule has 0 aliphatic carbocycles. The second-order valence-electron chi connectivity index (χ2n) is 3.74. The van der Waals surface area contributed by atoms with Gasteiger partial charge in [-0.2, -0.15) is 0 Å². The summed E-state index contributed by atoms with van der Waals surface area (Å²) in [6, 6.07) is 9.91. The van der Waals surface area contributed by atoms with Gasteiger partial charge in [-0.3, -0.25) is 0 Å². The van der Waals surface area contributed by atoms with Crippen LogP contribution in [0, 0.1) is 0 Å². The Morgan fingerprint density at radius 2 is 1.67 bits per heavy atom. The molecule has 1 unspecified atom stereocenters. The van der Waals surface area contributed by atoms with Gasteiger partial charge in [0.15, 0.2) is 0 Å². The molecule has 1 heteroatoms. The molecule has 1 aromatic rings. The highest BCUT2D eigenvalue weighted by Crippen LogP contribution is 2.27. The molecule has 1 rings (SSSR count). The fourth-order valence-electron chi connectivity index (χ4n) is 1.14. The van der Waals surface area contributed by atoms with E-state index in [2.05, 4.69) is 0 Å². The van der Waals surface area contributed by atoms with E-state index in [1.165, 1.54) is 0 Å². The molecular weight excluding hydrogens is 148 g/mol. The number of benzene rings is 1. The van der Waals surface area contributed by atoms with Gasteiger partial charge in [-0.05, 0) is 19.4 Å². The molecule has 0 N–H and O–H groups in total. The summed E-state index contributed by atoms with van der Waals surface area (Å²) in [6.45, 7) is 5.43. The minimum absolute atomic E-state index is 0.0682. The molecular formula is C11H15O. The van der Waals surface area contributed by atoms with Crippen LogP contribution in [0.25, 0.3) is 0 Å². The van der Waals surface area contributed by atoms with E-state index in [0.717, 1.165) is 5.56 Å². The monoisotopic (exact) mass is 163 g/mol. The van der Waals surface area contributed by atoms with Crippen LogP contribution in [0.3, 0.4) is 0 Å². The number of hydrogen-bond donors (Lipinski definition) is 0. The van der Waals surface area contributed by atoms with Crippen molar-refractivity contribution in [1.29, 1.82) is 0 Å². The van der Waals surface area contributed by atoms with Gasteiger partial charge in [-0.15, -0.1) is 0 Å². The summed E-state index contributed by atoms with van der Waals surface area (Å²) in [7, 11) is 0. The Bertz CT molecular complexity index is 233. The summed E-state index contributed by atoms with van der Waals surface area (Å²) < 4.78 is 0. The van der Waals surface area contributed by atoms with Crippen LogP contribution in [0.4, 0.5) is 0 Å². The maximum absolute atomic E-state index is 11.6. The molecule has 0 saturated carbocycles. The highest BCUT2D eigenvalue weighted by molar-refractivity contribution is 5.21. The van der Waals surface area contributed by atoms with Crippen molar-refractivity contribution in [3.8, 4) is 0 Å². The highest BCUT2D eigenvalue weighted by Gasteiger charge is 2.25. The van der Waals surface area contributed by atoms with E-state index in [1.54, 1.807) is 13.8 Å². The lowest BCUT2D eigenvalue weighted by Gasteiger charge is -2.23. The molecule has 1 atom stereocenters. The van der Waals surface area contributed by atoms with Gasteiger partial charge in [0.25, 0.3) is 0 Å². The van der Waals surface area contributed by atoms with Crippen LogP contribution in [-0.4, -0.2) is 5.60 Å². The van der Waals surface area contributed by atoms with Crippen molar-refractivity contribution in [1.82, 2.24) is 0 Å². The van der Waals surface area contributed by atoms with Crippen molar-refractivity contribution < 1.29 is 5.11 Å². The minimum atomic E-state index is -0.888. The van der Waals surface area contributed by atoms with Gasteiger partial charge in [-0.1, -0.05) is 37.3 Å². The lowest BCUT2D eigenvalue weighted by molar-refractivity contribution is -0.0156. The smallest absolute Gasteiger partial charge is 0.105 e. The van der Waals surface area contributed by atoms with Crippen LogP contribution >= 0.6 is 0 Å². The Kier molecular flexibility index (Phi) is 2.53. The fourth-order valence-corrected chi connectivity index (χ4v) is 1.14. The molecule has 0 amide bonds. The van der Waals surface area contributed by atoms with Crippen LogP contribution in [0.1, 0.15) is 32.3 Å². The molecule has 1 nitrogen and oxygen atoms in total. The van der Waals surface area contributed by atoms with Crippen molar-refractivity contribution >= 4 is 0 Å². The largest absolute Gasteiger partial charge is 0.229 e. The molecule has 0 fully saturated rings. The predicted octanol–water partition coefficient (Wildman–Crippen LogP) is 3.00. The first-order valence-corrected chi connectivity index (χ1v) is 4.27. The van der Waals surface area contributed by atoms with Gasteiger partial charge < -0.3 is 0 Å². The van der Waals surface area contributed by atoms with Gasteiger partial charge in [0.2, 0.25) is 0 Å². The highest BCUT2D eigenvalue weighted by atomic mass is 16.3. The second kappa shape index (κ2) is 3.28. The Morgan fingerprint density at radius 1 is 1.17 bits per heavy atom. The zero-order chi connectivity index (χ0) is 9.19. The Morgan fingerprint density at radius 3 is 2.08 bits per heavy atom. The minimum Gasteiger partial charge on any atom is -0.229 e. The van der Waals surface area contributed by atoms with Crippen LogP contribution in [-0.2, 0) is 5.11 Å². The van der Waals surface area contributed by atoms with Crippen molar-refractivity contribution in [3.63, 3.8) is 0 Å². The average Bonchev–Trinajstić information content (AvgIpc) is 2.03. The van der Waals surface area contributed by atoms with Gasteiger partial charge >= 0.3 is 0 Å². The van der Waals surface area contributed by atoms with E-state index < -0.39 is 5.60 Å². The predicted molar refractivity (Wildman–Crippen MR) is 49.6 cm³/mol. The van der Waals surface area contributed by atoms with Crippen molar-refractivity contribution in [2.45, 2.75) is 32.3 Å². The van der Waals surface area contributed by atoms with Gasteiger partial charge in [0.1, 0.15) is 5.60 Å². The Labute approximate surface area is 74.1 Å². The first-order chi connectivity index (χ1) is 5.52. The summed E-state index contributed by atoms with van der Waals surface area (Å²) in [5, 5.41) is 11.6. The van der Waals surface area contributed by atoms with Crippen LogP contribution < -0.4 is 0 Å². The van der Waals surface area contributed by atoms with E-state index >= 15 is 0 Å². The van der Waals surface area contributed by atoms with E-state index in [1.807, 2.05) is 37.3 Å². The van der Waals surface area contributed by atoms with E-state index in [-0.39, 0.29) is 5.92 Å². The van der Waals surface area contributed by atoms with E-state index in [9.17, 15) is 5.11 Å². The second-order valence-corrected chi connectivity index (χ2v) is 3.74. The molecule has 1 radical (unpaired) electrons. The lowest BCUT2D eigenvalue weighted by atomic mass is 9.87. The summed E-state index contributed by atoms with van der Waals surface area (Å²) in [4.78, 5) is 0. The van der Waals surface area contributed by atoms with Crippen molar-refractivity contribution in [3.05, 3.63) is 35.9 Å². The molecule has 0 aliphatic heterocycles. The molecule has 0 heterocycles. The fraction of sp³-hybridized carbons (Fsp3) is 0.455. The molecule has 0 bridgehead atoms. The third kappa shape index (κ3) is 2.08. The van der Waals surface area contributed by atoms with Gasteiger partial charge in [-0.25, -0.2) is 5.11 Å². The van der Waals surface area contributed by atoms with Crippen LogP contribution in [0.2, 0.25) is 0 Å². The SMILES string of the molecule is CC(c1ccccc1)C(C)(C)[O]. The Balaban J connectivity index is 2.86. The molecule has 0 spiro atoms. The summed E-state index contributed by atoms with van der Waals surface area (Å²) in [6.07, 6.45) is 0. The molecule has 12 heavy (non-hydrogen) atoms. The summed E-state index contributed by atoms with van der Waals surface area (Å²) in [5.41, 5.74) is 0.235. The number of rotatable bonds is 2. The molecule has 0 saturated heterocycles. The average molecular weight is 163 g/mol. The summed E-state index contributed by atoms with van der Waals surface area (Å²) in [5.74, 6) is 0.0682. The molecule has 0 aliphatic rings. The third-order valence-corrected chi connectivity index (χ3v) is 2.34. The Hall–Kier alpha value is -0.820. The van der Waals surface area contributed by atoms with Gasteiger partial charge in [0.05, 0.1) is 0 Å².